The first-order valence-electron chi connectivity index (χ1n) is 9.47. The minimum atomic E-state index is 0.0468. The Balaban J connectivity index is 1.38. The van der Waals surface area contributed by atoms with Gasteiger partial charge >= 0.3 is 0 Å². The van der Waals surface area contributed by atoms with Crippen molar-refractivity contribution < 1.29 is 14.3 Å². The number of para-hydroxylation sites is 1. The molecule has 5 nitrogen and oxygen atoms in total. The summed E-state index contributed by atoms with van der Waals surface area (Å²) >= 11 is 0. The molecule has 1 N–H and O–H groups in total. The van der Waals surface area contributed by atoms with Gasteiger partial charge in [0.2, 0.25) is 11.8 Å². The molecule has 2 amide bonds. The van der Waals surface area contributed by atoms with Crippen LogP contribution in [0.15, 0.2) is 42.5 Å². The number of aryl methyl sites for hydroxylation is 1. The van der Waals surface area contributed by atoms with Crippen molar-refractivity contribution in [3.05, 3.63) is 59.2 Å². The maximum atomic E-state index is 12.9. The van der Waals surface area contributed by atoms with E-state index in [0.29, 0.717) is 19.4 Å². The van der Waals surface area contributed by atoms with E-state index in [4.69, 9.17) is 4.74 Å². The molecule has 0 spiro atoms. The molecule has 5 heteroatoms. The Morgan fingerprint density at radius 1 is 1.22 bits per heavy atom. The maximum Gasteiger partial charge on any atom is 0.228 e. The summed E-state index contributed by atoms with van der Waals surface area (Å²) in [7, 11) is 1.70. The third kappa shape index (κ3) is 3.74. The fourth-order valence-electron chi connectivity index (χ4n) is 3.97. The van der Waals surface area contributed by atoms with E-state index in [2.05, 4.69) is 17.4 Å². The number of ether oxygens (including phenoxy) is 1. The fourth-order valence-corrected chi connectivity index (χ4v) is 3.97. The van der Waals surface area contributed by atoms with Gasteiger partial charge in [-0.15, -0.1) is 0 Å². The van der Waals surface area contributed by atoms with E-state index in [0.717, 1.165) is 36.2 Å². The largest absolute Gasteiger partial charge is 0.379 e. The Morgan fingerprint density at radius 3 is 2.93 bits per heavy atom. The Hall–Kier alpha value is -2.66. The molecule has 0 saturated carbocycles. The normalized spacial score (nSPS) is 18.0. The zero-order valence-corrected chi connectivity index (χ0v) is 15.5. The van der Waals surface area contributed by atoms with E-state index in [1.54, 1.807) is 7.11 Å². The van der Waals surface area contributed by atoms with Crippen LogP contribution in [0.4, 0.5) is 11.4 Å². The van der Waals surface area contributed by atoms with Crippen molar-refractivity contribution in [2.24, 2.45) is 0 Å². The molecule has 2 heterocycles. The van der Waals surface area contributed by atoms with Gasteiger partial charge in [-0.3, -0.25) is 9.59 Å². The van der Waals surface area contributed by atoms with Crippen molar-refractivity contribution in [2.75, 3.05) is 23.9 Å². The molecular formula is C22H24N2O3. The molecule has 2 aromatic rings. The zero-order valence-electron chi connectivity index (χ0n) is 15.5. The van der Waals surface area contributed by atoms with Crippen LogP contribution in [-0.2, 0) is 33.6 Å². The van der Waals surface area contributed by atoms with Crippen molar-refractivity contribution in [1.82, 2.24) is 0 Å². The summed E-state index contributed by atoms with van der Waals surface area (Å²) in [5.41, 5.74) is 5.32. The van der Waals surface area contributed by atoms with E-state index in [1.165, 1.54) is 11.1 Å². The maximum absolute atomic E-state index is 12.9. The predicted octanol–water partition coefficient (Wildman–Crippen LogP) is 3.11. The molecule has 0 unspecified atom stereocenters. The Bertz CT molecular complexity index is 878. The summed E-state index contributed by atoms with van der Waals surface area (Å²) in [6.07, 6.45) is 3.46. The van der Waals surface area contributed by atoms with Crippen molar-refractivity contribution in [3.63, 3.8) is 0 Å². The van der Waals surface area contributed by atoms with E-state index < -0.39 is 0 Å². The quantitative estimate of drug-likeness (QED) is 0.887. The highest BCUT2D eigenvalue weighted by atomic mass is 16.5. The number of nitrogens with zero attached hydrogens (tertiary/aromatic N) is 1. The summed E-state index contributed by atoms with van der Waals surface area (Å²) in [4.78, 5) is 26.2. The standard InChI is InChI=1S/C22H24N2O3/c1-27-18-12-16-6-2-3-7-20(16)24(14-18)22(26)8-4-5-15-9-10-19-17(11-15)13-21(25)23-19/h2-3,6-7,9-11,18H,4-5,8,12-14H2,1H3,(H,23,25)/t18-/m0/s1. The van der Waals surface area contributed by atoms with E-state index in [-0.39, 0.29) is 17.9 Å². The molecule has 2 aromatic carbocycles. The van der Waals surface area contributed by atoms with Gasteiger partial charge < -0.3 is 15.0 Å². The zero-order chi connectivity index (χ0) is 18.8. The second kappa shape index (κ2) is 7.53. The van der Waals surface area contributed by atoms with Gasteiger partial charge in [0.15, 0.2) is 0 Å². The van der Waals surface area contributed by atoms with Crippen LogP contribution in [0.2, 0.25) is 0 Å². The second-order valence-electron chi connectivity index (χ2n) is 7.26. The number of amides is 2. The number of carbonyl (C=O) groups is 2. The van der Waals surface area contributed by atoms with Crippen molar-refractivity contribution in [1.29, 1.82) is 0 Å². The molecule has 140 valence electrons. The number of benzene rings is 2. The first-order valence-corrected chi connectivity index (χ1v) is 9.47. The lowest BCUT2D eigenvalue weighted by atomic mass is 9.98. The Morgan fingerprint density at radius 2 is 2.07 bits per heavy atom. The Kier molecular flexibility index (Phi) is 4.94. The number of methoxy groups -OCH3 is 1. The first-order chi connectivity index (χ1) is 13.1. The number of rotatable bonds is 5. The van der Waals surface area contributed by atoms with Crippen molar-refractivity contribution in [2.45, 2.75) is 38.2 Å². The third-order valence-electron chi connectivity index (χ3n) is 5.40. The monoisotopic (exact) mass is 364 g/mol. The third-order valence-corrected chi connectivity index (χ3v) is 5.40. The number of nitrogens with one attached hydrogen (secondary N) is 1. The van der Waals surface area contributed by atoms with Crippen LogP contribution in [0.25, 0.3) is 0 Å². The molecule has 0 saturated heterocycles. The molecule has 0 bridgehead atoms. The lowest BCUT2D eigenvalue weighted by molar-refractivity contribution is -0.119. The first kappa shape index (κ1) is 17.7. The molecular weight excluding hydrogens is 340 g/mol. The molecule has 0 radical (unpaired) electrons. The molecule has 2 aliphatic rings. The highest BCUT2D eigenvalue weighted by Crippen LogP contribution is 2.29. The Labute approximate surface area is 159 Å². The second-order valence-corrected chi connectivity index (χ2v) is 7.26. The predicted molar refractivity (Wildman–Crippen MR) is 105 cm³/mol. The number of hydrogen-bond donors (Lipinski definition) is 1. The van der Waals surface area contributed by atoms with E-state index in [1.807, 2.05) is 35.2 Å². The van der Waals surface area contributed by atoms with Gasteiger partial charge in [-0.25, -0.2) is 0 Å². The van der Waals surface area contributed by atoms with Gasteiger partial charge in [0.05, 0.1) is 19.1 Å². The lowest BCUT2D eigenvalue weighted by Gasteiger charge is -2.34. The van der Waals surface area contributed by atoms with Crippen LogP contribution in [0.5, 0.6) is 0 Å². The number of hydrogen-bond acceptors (Lipinski definition) is 3. The van der Waals surface area contributed by atoms with Crippen LogP contribution >= 0.6 is 0 Å². The topological polar surface area (TPSA) is 58.6 Å². The van der Waals surface area contributed by atoms with Gasteiger partial charge in [0.25, 0.3) is 0 Å². The van der Waals surface area contributed by atoms with Gasteiger partial charge in [-0.2, -0.15) is 0 Å². The van der Waals surface area contributed by atoms with Crippen LogP contribution in [-0.4, -0.2) is 31.6 Å². The summed E-state index contributed by atoms with van der Waals surface area (Å²) in [5.74, 6) is 0.191. The average molecular weight is 364 g/mol. The molecule has 27 heavy (non-hydrogen) atoms. The van der Waals surface area contributed by atoms with Gasteiger partial charge in [-0.05, 0) is 41.7 Å². The number of carbonyl (C=O) groups excluding carboxylic acids is 2. The van der Waals surface area contributed by atoms with E-state index in [9.17, 15) is 9.59 Å². The van der Waals surface area contributed by atoms with Crippen molar-refractivity contribution in [3.8, 4) is 0 Å². The van der Waals surface area contributed by atoms with Crippen LogP contribution in [0, 0.1) is 0 Å². The smallest absolute Gasteiger partial charge is 0.228 e. The highest BCUT2D eigenvalue weighted by Gasteiger charge is 2.27. The van der Waals surface area contributed by atoms with Crippen LogP contribution < -0.4 is 10.2 Å². The molecule has 0 fully saturated rings. The molecule has 0 aromatic heterocycles. The number of fused-ring (bicyclic) bond motifs is 2. The minimum absolute atomic E-state index is 0.0468. The fraction of sp³-hybridized carbons (Fsp3) is 0.364. The summed E-state index contributed by atoms with van der Waals surface area (Å²) in [5, 5.41) is 2.85. The minimum Gasteiger partial charge on any atom is -0.379 e. The van der Waals surface area contributed by atoms with Crippen LogP contribution in [0.3, 0.4) is 0 Å². The van der Waals surface area contributed by atoms with Crippen molar-refractivity contribution >= 4 is 23.2 Å². The summed E-state index contributed by atoms with van der Waals surface area (Å²) in [6.45, 7) is 0.610. The van der Waals surface area contributed by atoms with Gasteiger partial charge in [0.1, 0.15) is 0 Å². The summed E-state index contributed by atoms with van der Waals surface area (Å²) < 4.78 is 5.53. The SMILES string of the molecule is CO[C@H]1Cc2ccccc2N(C(=O)CCCc2ccc3c(c2)CC(=O)N3)C1. The molecule has 2 aliphatic heterocycles. The van der Waals surface area contributed by atoms with Gasteiger partial charge in [0, 0.05) is 31.3 Å². The molecule has 4 rings (SSSR count). The van der Waals surface area contributed by atoms with Gasteiger partial charge in [-0.1, -0.05) is 30.3 Å². The molecule has 1 atom stereocenters. The molecule has 0 aliphatic carbocycles. The lowest BCUT2D eigenvalue weighted by Crippen LogP contribution is -2.43. The highest BCUT2D eigenvalue weighted by molar-refractivity contribution is 5.99. The van der Waals surface area contributed by atoms with Crippen LogP contribution in [0.1, 0.15) is 29.5 Å². The summed E-state index contributed by atoms with van der Waals surface area (Å²) in [6, 6.07) is 14.1. The average Bonchev–Trinajstić information content (AvgIpc) is 3.06. The number of anilines is 2. The van der Waals surface area contributed by atoms with E-state index >= 15 is 0 Å².